The number of azo groups is 1. The first-order valence-corrected chi connectivity index (χ1v) is 7.57. The molecule has 7 heteroatoms. The number of carbonyl (C=O) groups excluding carboxylic acids is 2. The fourth-order valence-corrected chi connectivity index (χ4v) is 2.47. The largest absolute Gasteiger partial charge is 0.493 e. The second-order valence-electron chi connectivity index (χ2n) is 5.91. The quantitative estimate of drug-likeness (QED) is 0.673. The molecule has 0 spiro atoms. The van der Waals surface area contributed by atoms with Crippen molar-refractivity contribution in [3.8, 4) is 5.88 Å². The molecule has 0 aliphatic heterocycles. The van der Waals surface area contributed by atoms with Crippen LogP contribution in [-0.2, 0) is 9.59 Å². The molecule has 0 bridgehead atoms. The number of hydrogen-bond donors (Lipinski definition) is 2. The lowest BCUT2D eigenvalue weighted by Crippen LogP contribution is -2.31. The maximum Gasteiger partial charge on any atom is 0.353 e. The van der Waals surface area contributed by atoms with Crippen molar-refractivity contribution in [1.82, 2.24) is 9.88 Å². The summed E-state index contributed by atoms with van der Waals surface area (Å²) in [5.41, 5.74) is 0.991. The van der Waals surface area contributed by atoms with Crippen molar-refractivity contribution in [2.24, 2.45) is 10.2 Å². The summed E-state index contributed by atoms with van der Waals surface area (Å²) < 4.78 is 1.71. The monoisotopic (exact) mass is 314 g/mol. The molecule has 1 aliphatic carbocycles. The van der Waals surface area contributed by atoms with Gasteiger partial charge in [-0.1, -0.05) is 18.2 Å². The number of para-hydroxylation sites is 1. The van der Waals surface area contributed by atoms with Crippen LogP contribution in [0.1, 0.15) is 32.7 Å². The minimum Gasteiger partial charge on any atom is -0.493 e. The minimum absolute atomic E-state index is 0.0118. The van der Waals surface area contributed by atoms with E-state index < -0.39 is 11.8 Å². The summed E-state index contributed by atoms with van der Waals surface area (Å²) >= 11 is 0. The van der Waals surface area contributed by atoms with Crippen LogP contribution in [0.3, 0.4) is 0 Å². The standard InChI is InChI=1S/C16H18N4O3/c1-9(2)20-12-6-4-3-5-11(12)13(16(20)23)18-19-15(22)14(21)17-10-7-8-10/h3-6,9-10,23H,7-8H2,1-2H3,(H,17,21). The van der Waals surface area contributed by atoms with Crippen molar-refractivity contribution in [2.75, 3.05) is 0 Å². The Morgan fingerprint density at radius 2 is 2.00 bits per heavy atom. The molecule has 0 atom stereocenters. The molecule has 1 aromatic heterocycles. The molecular formula is C16H18N4O3. The molecule has 1 fully saturated rings. The van der Waals surface area contributed by atoms with Gasteiger partial charge in [-0.2, -0.15) is 0 Å². The summed E-state index contributed by atoms with van der Waals surface area (Å²) in [5.74, 6) is -1.79. The molecule has 1 saturated carbocycles. The normalized spacial score (nSPS) is 14.7. The van der Waals surface area contributed by atoms with E-state index in [2.05, 4.69) is 15.5 Å². The third-order valence-corrected chi connectivity index (χ3v) is 3.72. The number of nitrogens with zero attached hydrogens (tertiary/aromatic N) is 3. The molecule has 1 aliphatic rings. The fraction of sp³-hybridized carbons (Fsp3) is 0.375. The Balaban J connectivity index is 1.93. The number of carbonyl (C=O) groups is 2. The van der Waals surface area contributed by atoms with E-state index in [1.165, 1.54) is 0 Å². The Bertz CT molecular complexity index is 803. The average molecular weight is 314 g/mol. The molecule has 0 unspecified atom stereocenters. The van der Waals surface area contributed by atoms with Gasteiger partial charge in [0.25, 0.3) is 0 Å². The van der Waals surface area contributed by atoms with Crippen LogP contribution in [0.4, 0.5) is 5.69 Å². The lowest BCUT2D eigenvalue weighted by molar-refractivity contribution is -0.137. The van der Waals surface area contributed by atoms with Gasteiger partial charge in [-0.05, 0) is 32.8 Å². The fourth-order valence-electron chi connectivity index (χ4n) is 2.47. The van der Waals surface area contributed by atoms with E-state index in [1.54, 1.807) is 10.6 Å². The number of aromatic nitrogens is 1. The highest BCUT2D eigenvalue weighted by Gasteiger charge is 2.26. The van der Waals surface area contributed by atoms with Gasteiger partial charge in [0.1, 0.15) is 0 Å². The number of rotatable bonds is 3. The maximum atomic E-state index is 11.7. The zero-order valence-corrected chi connectivity index (χ0v) is 13.0. The molecule has 0 saturated heterocycles. The van der Waals surface area contributed by atoms with Gasteiger partial charge in [0.15, 0.2) is 5.69 Å². The molecule has 1 aromatic carbocycles. The molecule has 23 heavy (non-hydrogen) atoms. The highest BCUT2D eigenvalue weighted by Crippen LogP contribution is 2.40. The molecule has 3 rings (SSSR count). The molecule has 2 amide bonds. The number of amides is 2. The predicted molar refractivity (Wildman–Crippen MR) is 84.7 cm³/mol. The van der Waals surface area contributed by atoms with Gasteiger partial charge < -0.3 is 15.0 Å². The Labute approximate surface area is 133 Å². The molecule has 2 aromatic rings. The SMILES string of the molecule is CC(C)n1c(O)c(N=NC(=O)C(=O)NC2CC2)c2ccccc21. The van der Waals surface area contributed by atoms with Crippen LogP contribution < -0.4 is 5.32 Å². The zero-order valence-electron chi connectivity index (χ0n) is 13.0. The van der Waals surface area contributed by atoms with E-state index >= 15 is 0 Å². The second kappa shape index (κ2) is 5.83. The summed E-state index contributed by atoms with van der Waals surface area (Å²) in [6.45, 7) is 3.86. The summed E-state index contributed by atoms with van der Waals surface area (Å²) in [6.07, 6.45) is 1.78. The first-order chi connectivity index (χ1) is 11.0. The van der Waals surface area contributed by atoms with Crippen molar-refractivity contribution in [3.05, 3.63) is 24.3 Å². The second-order valence-corrected chi connectivity index (χ2v) is 5.91. The van der Waals surface area contributed by atoms with Crippen LogP contribution >= 0.6 is 0 Å². The summed E-state index contributed by atoms with van der Waals surface area (Å²) in [5, 5.41) is 20.9. The average Bonchev–Trinajstić information content (AvgIpc) is 3.27. The molecule has 120 valence electrons. The van der Waals surface area contributed by atoms with E-state index in [0.717, 1.165) is 18.4 Å². The third kappa shape index (κ3) is 2.94. The lowest BCUT2D eigenvalue weighted by atomic mass is 10.2. The van der Waals surface area contributed by atoms with Crippen molar-refractivity contribution in [1.29, 1.82) is 0 Å². The first kappa shape index (κ1) is 15.2. The van der Waals surface area contributed by atoms with Crippen molar-refractivity contribution in [2.45, 2.75) is 38.8 Å². The van der Waals surface area contributed by atoms with Gasteiger partial charge in [0, 0.05) is 17.5 Å². The molecule has 7 nitrogen and oxygen atoms in total. The molecular weight excluding hydrogens is 296 g/mol. The summed E-state index contributed by atoms with van der Waals surface area (Å²) in [6, 6.07) is 7.41. The van der Waals surface area contributed by atoms with Crippen LogP contribution in [0.2, 0.25) is 0 Å². The van der Waals surface area contributed by atoms with Gasteiger partial charge in [0.2, 0.25) is 5.88 Å². The van der Waals surface area contributed by atoms with Gasteiger partial charge in [-0.15, -0.1) is 10.2 Å². The highest BCUT2D eigenvalue weighted by molar-refractivity contribution is 6.35. The van der Waals surface area contributed by atoms with Crippen molar-refractivity contribution in [3.63, 3.8) is 0 Å². The van der Waals surface area contributed by atoms with Crippen molar-refractivity contribution < 1.29 is 14.7 Å². The van der Waals surface area contributed by atoms with E-state index in [4.69, 9.17) is 0 Å². The predicted octanol–water partition coefficient (Wildman–Crippen LogP) is 2.82. The van der Waals surface area contributed by atoms with Crippen LogP contribution in [0.15, 0.2) is 34.5 Å². The zero-order chi connectivity index (χ0) is 16.6. The molecule has 0 radical (unpaired) electrons. The summed E-state index contributed by atoms with van der Waals surface area (Å²) in [4.78, 5) is 23.3. The Morgan fingerprint density at radius 3 is 2.65 bits per heavy atom. The Morgan fingerprint density at radius 1 is 1.30 bits per heavy atom. The smallest absolute Gasteiger partial charge is 0.353 e. The number of hydrogen-bond acceptors (Lipinski definition) is 4. The summed E-state index contributed by atoms with van der Waals surface area (Å²) in [7, 11) is 0. The van der Waals surface area contributed by atoms with Gasteiger partial charge in [-0.3, -0.25) is 9.59 Å². The van der Waals surface area contributed by atoms with Crippen molar-refractivity contribution >= 4 is 28.4 Å². The van der Waals surface area contributed by atoms with Gasteiger partial charge in [-0.25, -0.2) is 0 Å². The van der Waals surface area contributed by atoms with Crippen LogP contribution in [0, 0.1) is 0 Å². The first-order valence-electron chi connectivity index (χ1n) is 7.57. The van der Waals surface area contributed by atoms with Crippen LogP contribution in [0.5, 0.6) is 5.88 Å². The van der Waals surface area contributed by atoms with Crippen LogP contribution in [-0.4, -0.2) is 27.5 Å². The maximum absolute atomic E-state index is 11.7. The number of fused-ring (bicyclic) bond motifs is 1. The number of nitrogens with one attached hydrogen (secondary N) is 1. The van der Waals surface area contributed by atoms with E-state index in [1.807, 2.05) is 32.0 Å². The minimum atomic E-state index is -0.960. The topological polar surface area (TPSA) is 96.0 Å². The van der Waals surface area contributed by atoms with E-state index in [0.29, 0.717) is 5.39 Å². The Kier molecular flexibility index (Phi) is 3.85. The van der Waals surface area contributed by atoms with E-state index in [-0.39, 0.29) is 23.7 Å². The number of benzene rings is 1. The van der Waals surface area contributed by atoms with E-state index in [9.17, 15) is 14.7 Å². The highest BCUT2D eigenvalue weighted by atomic mass is 16.3. The third-order valence-electron chi connectivity index (χ3n) is 3.72. The molecule has 2 N–H and O–H groups in total. The Hall–Kier alpha value is -2.70. The van der Waals surface area contributed by atoms with Crippen LogP contribution in [0.25, 0.3) is 10.9 Å². The van der Waals surface area contributed by atoms with Gasteiger partial charge >= 0.3 is 11.8 Å². The van der Waals surface area contributed by atoms with Gasteiger partial charge in [0.05, 0.1) is 5.52 Å². The molecule has 1 heterocycles. The lowest BCUT2D eigenvalue weighted by Gasteiger charge is -2.10. The number of aromatic hydroxyl groups is 1.